The van der Waals surface area contributed by atoms with Gasteiger partial charge in [0.25, 0.3) is 0 Å². The van der Waals surface area contributed by atoms with Crippen molar-refractivity contribution >= 4 is 5.97 Å². The molecule has 2 unspecified atom stereocenters. The van der Waals surface area contributed by atoms with Gasteiger partial charge in [0, 0.05) is 31.2 Å². The maximum Gasteiger partial charge on any atom is 0.309 e. The Kier molecular flexibility index (Phi) is 3.73. The summed E-state index contributed by atoms with van der Waals surface area (Å²) < 4.78 is 0. The highest BCUT2D eigenvalue weighted by Gasteiger charge is 2.31. The minimum Gasteiger partial charge on any atom is -0.481 e. The molecule has 2 atom stereocenters. The van der Waals surface area contributed by atoms with Crippen LogP contribution in [0.15, 0.2) is 0 Å². The van der Waals surface area contributed by atoms with E-state index in [-0.39, 0.29) is 11.5 Å². The Morgan fingerprint density at radius 3 is 2.47 bits per heavy atom. The van der Waals surface area contributed by atoms with Gasteiger partial charge in [0.15, 0.2) is 0 Å². The van der Waals surface area contributed by atoms with Crippen LogP contribution in [0.2, 0.25) is 0 Å². The van der Waals surface area contributed by atoms with Gasteiger partial charge in [-0.2, -0.15) is 0 Å². The smallest absolute Gasteiger partial charge is 0.309 e. The van der Waals surface area contributed by atoms with E-state index in [0.29, 0.717) is 19.1 Å². The van der Waals surface area contributed by atoms with Gasteiger partial charge in [0.1, 0.15) is 0 Å². The van der Waals surface area contributed by atoms with E-state index in [0.717, 1.165) is 6.54 Å². The van der Waals surface area contributed by atoms with E-state index in [1.807, 2.05) is 0 Å². The maximum absolute atomic E-state index is 11.0. The number of carboxylic acid groups (broad SMARTS) is 1. The number of hydrogen-bond acceptors (Lipinski definition) is 3. The molecule has 1 fully saturated rings. The van der Waals surface area contributed by atoms with Crippen molar-refractivity contribution in [3.8, 4) is 0 Å². The number of aliphatic carboxylic acids is 1. The molecule has 2 N–H and O–H groups in total. The van der Waals surface area contributed by atoms with Crippen LogP contribution in [0.25, 0.3) is 0 Å². The number of rotatable bonds is 1. The molecular formula is C11H22N2O2. The fraction of sp³-hybridized carbons (Fsp3) is 0.909. The second-order valence-corrected chi connectivity index (χ2v) is 5.42. The van der Waals surface area contributed by atoms with Gasteiger partial charge in [-0.3, -0.25) is 9.69 Å². The van der Waals surface area contributed by atoms with Gasteiger partial charge >= 0.3 is 5.97 Å². The zero-order valence-corrected chi connectivity index (χ0v) is 10.1. The summed E-state index contributed by atoms with van der Waals surface area (Å²) in [5, 5.41) is 12.3. The van der Waals surface area contributed by atoms with Gasteiger partial charge in [-0.1, -0.05) is 0 Å². The summed E-state index contributed by atoms with van der Waals surface area (Å²) >= 11 is 0. The molecule has 0 aromatic heterocycles. The molecule has 0 aromatic carbocycles. The molecule has 1 aliphatic heterocycles. The van der Waals surface area contributed by atoms with E-state index >= 15 is 0 Å². The molecule has 1 rings (SSSR count). The van der Waals surface area contributed by atoms with Crippen LogP contribution in [0.5, 0.6) is 0 Å². The van der Waals surface area contributed by atoms with Crippen LogP contribution in [0.1, 0.15) is 27.7 Å². The quantitative estimate of drug-likeness (QED) is 0.677. The standard InChI is InChI=1S/C11H22N2O2/c1-8-6-13(11(2,3)4)7-9(5-12-8)10(14)15/h8-9,12H,5-7H2,1-4H3,(H,14,15). The molecule has 0 radical (unpaired) electrons. The van der Waals surface area contributed by atoms with Crippen molar-refractivity contribution in [1.82, 2.24) is 10.2 Å². The summed E-state index contributed by atoms with van der Waals surface area (Å²) in [7, 11) is 0. The molecule has 0 amide bonds. The Morgan fingerprint density at radius 1 is 1.40 bits per heavy atom. The Bertz CT molecular complexity index is 235. The second-order valence-electron chi connectivity index (χ2n) is 5.42. The van der Waals surface area contributed by atoms with Crippen molar-refractivity contribution < 1.29 is 9.90 Å². The first kappa shape index (κ1) is 12.5. The average molecular weight is 214 g/mol. The van der Waals surface area contributed by atoms with E-state index in [4.69, 9.17) is 5.11 Å². The number of hydrogen-bond donors (Lipinski definition) is 2. The molecule has 0 bridgehead atoms. The molecular weight excluding hydrogens is 192 g/mol. The van der Waals surface area contributed by atoms with Crippen molar-refractivity contribution in [3.63, 3.8) is 0 Å². The lowest BCUT2D eigenvalue weighted by Gasteiger charge is -2.36. The fourth-order valence-electron chi connectivity index (χ4n) is 1.86. The van der Waals surface area contributed by atoms with Gasteiger partial charge in [-0.25, -0.2) is 0 Å². The molecule has 0 aliphatic carbocycles. The summed E-state index contributed by atoms with van der Waals surface area (Å²) in [6.07, 6.45) is 0. The molecule has 88 valence electrons. The van der Waals surface area contributed by atoms with Crippen molar-refractivity contribution in [2.45, 2.75) is 39.3 Å². The average Bonchev–Trinajstić information content (AvgIpc) is 2.25. The lowest BCUT2D eigenvalue weighted by molar-refractivity contribution is -0.142. The lowest BCUT2D eigenvalue weighted by atomic mass is 10.0. The van der Waals surface area contributed by atoms with Gasteiger partial charge in [-0.05, 0) is 27.7 Å². The predicted octanol–water partition coefficient (Wildman–Crippen LogP) is 0.779. The second kappa shape index (κ2) is 4.49. The van der Waals surface area contributed by atoms with Crippen LogP contribution in [0.4, 0.5) is 0 Å². The summed E-state index contributed by atoms with van der Waals surface area (Å²) in [4.78, 5) is 13.3. The highest BCUT2D eigenvalue weighted by atomic mass is 16.4. The zero-order valence-electron chi connectivity index (χ0n) is 10.1. The third kappa shape index (κ3) is 3.47. The Balaban J connectivity index is 2.74. The summed E-state index contributed by atoms with van der Waals surface area (Å²) in [6, 6.07) is 0.355. The number of carbonyl (C=O) groups is 1. The molecule has 1 aliphatic rings. The maximum atomic E-state index is 11.0. The molecule has 0 spiro atoms. The van der Waals surface area contributed by atoms with Crippen LogP contribution in [0, 0.1) is 5.92 Å². The molecule has 4 nitrogen and oxygen atoms in total. The highest BCUT2D eigenvalue weighted by Crippen LogP contribution is 2.18. The van der Waals surface area contributed by atoms with E-state index in [1.54, 1.807) is 0 Å². The zero-order chi connectivity index (χ0) is 11.6. The van der Waals surface area contributed by atoms with Crippen LogP contribution >= 0.6 is 0 Å². The minimum absolute atomic E-state index is 0.0357. The van der Waals surface area contributed by atoms with Gasteiger partial charge in [-0.15, -0.1) is 0 Å². The SMILES string of the molecule is CC1CN(C(C)(C)C)CC(C(=O)O)CN1. The molecule has 15 heavy (non-hydrogen) atoms. The summed E-state index contributed by atoms with van der Waals surface area (Å²) in [5.74, 6) is -1.000. The topological polar surface area (TPSA) is 52.6 Å². The highest BCUT2D eigenvalue weighted by molar-refractivity contribution is 5.70. The minimum atomic E-state index is -0.703. The van der Waals surface area contributed by atoms with Crippen LogP contribution in [0.3, 0.4) is 0 Å². The van der Waals surface area contributed by atoms with Crippen LogP contribution in [-0.2, 0) is 4.79 Å². The largest absolute Gasteiger partial charge is 0.481 e. The molecule has 4 heteroatoms. The first-order chi connectivity index (χ1) is 6.80. The van der Waals surface area contributed by atoms with Crippen LogP contribution in [-0.4, -0.2) is 47.2 Å². The molecule has 0 saturated carbocycles. The third-order valence-corrected chi connectivity index (χ3v) is 2.95. The Labute approximate surface area is 91.6 Å². The van der Waals surface area contributed by atoms with Gasteiger partial charge < -0.3 is 10.4 Å². The monoisotopic (exact) mass is 214 g/mol. The number of carboxylic acids is 1. The van der Waals surface area contributed by atoms with Crippen LogP contribution < -0.4 is 5.32 Å². The number of nitrogens with one attached hydrogen (secondary N) is 1. The molecule has 1 heterocycles. The lowest BCUT2D eigenvalue weighted by Crippen LogP contribution is -2.47. The fourth-order valence-corrected chi connectivity index (χ4v) is 1.86. The Hall–Kier alpha value is -0.610. The summed E-state index contributed by atoms with van der Waals surface area (Å²) in [5.41, 5.74) is 0.0357. The van der Waals surface area contributed by atoms with Crippen molar-refractivity contribution in [2.75, 3.05) is 19.6 Å². The summed E-state index contributed by atoms with van der Waals surface area (Å²) in [6.45, 7) is 10.6. The predicted molar refractivity (Wildman–Crippen MR) is 59.9 cm³/mol. The van der Waals surface area contributed by atoms with Gasteiger partial charge in [0.05, 0.1) is 5.92 Å². The normalized spacial score (nSPS) is 29.9. The van der Waals surface area contributed by atoms with Crippen molar-refractivity contribution in [1.29, 1.82) is 0 Å². The number of nitrogens with zero attached hydrogens (tertiary/aromatic N) is 1. The van der Waals surface area contributed by atoms with E-state index < -0.39 is 5.97 Å². The van der Waals surface area contributed by atoms with E-state index in [2.05, 4.69) is 37.9 Å². The molecule has 0 aromatic rings. The van der Waals surface area contributed by atoms with E-state index in [9.17, 15) is 4.79 Å². The first-order valence-electron chi connectivity index (χ1n) is 5.52. The third-order valence-electron chi connectivity index (χ3n) is 2.95. The molecule has 1 saturated heterocycles. The van der Waals surface area contributed by atoms with Crippen molar-refractivity contribution in [3.05, 3.63) is 0 Å². The van der Waals surface area contributed by atoms with E-state index in [1.165, 1.54) is 0 Å². The van der Waals surface area contributed by atoms with Crippen molar-refractivity contribution in [2.24, 2.45) is 5.92 Å². The van der Waals surface area contributed by atoms with Gasteiger partial charge in [0.2, 0.25) is 0 Å². The Morgan fingerprint density at radius 2 is 2.00 bits per heavy atom. The first-order valence-corrected chi connectivity index (χ1v) is 5.52.